The minimum Gasteiger partial charge on any atom is -0.793 e. The molecule has 293 valence electrons. The van der Waals surface area contributed by atoms with Crippen molar-refractivity contribution in [3.8, 4) is 0 Å². The summed E-state index contributed by atoms with van der Waals surface area (Å²) in [5.41, 5.74) is 1.94. The van der Waals surface area contributed by atoms with E-state index < -0.39 is 17.9 Å². The van der Waals surface area contributed by atoms with E-state index in [2.05, 4.69) is 63.8 Å². The molecule has 4 aliphatic rings. The number of hydrogen-bond acceptors (Lipinski definition) is 16. The smallest absolute Gasteiger partial charge is 0.793 e. The number of ether oxygens (including phenoxy) is 2. The number of aliphatic imine (C=N–C) groups is 1. The van der Waals surface area contributed by atoms with E-state index in [9.17, 15) is 24.0 Å². The largest absolute Gasteiger partial charge is 1.00 e. The number of rotatable bonds is 10. The van der Waals surface area contributed by atoms with E-state index in [1.165, 1.54) is 44.7 Å². The molecule has 2 aliphatic carbocycles. The van der Waals surface area contributed by atoms with Gasteiger partial charge >= 0.3 is 59.9 Å². The van der Waals surface area contributed by atoms with Crippen molar-refractivity contribution in [2.45, 2.75) is 124 Å². The van der Waals surface area contributed by atoms with Crippen LogP contribution in [0.1, 0.15) is 114 Å². The van der Waals surface area contributed by atoms with Crippen molar-refractivity contribution in [1.29, 1.82) is 0 Å². The molecule has 2 saturated heterocycles. The molecular formula is C34H60BN3NaO13. The Bertz CT molecular complexity index is 1110. The van der Waals surface area contributed by atoms with E-state index in [0.29, 0.717) is 18.6 Å². The van der Waals surface area contributed by atoms with Crippen molar-refractivity contribution in [3.63, 3.8) is 0 Å². The fraction of sp³-hybridized carbons (Fsp3) is 0.794. The molecule has 16 nitrogen and oxygen atoms in total. The molecule has 3 atom stereocenters. The van der Waals surface area contributed by atoms with Gasteiger partial charge in [0.1, 0.15) is 12.1 Å². The number of nitrogens with zero attached hydrogens (tertiary/aromatic N) is 1. The van der Waals surface area contributed by atoms with Crippen molar-refractivity contribution < 1.29 is 93.8 Å². The molecule has 2 aliphatic heterocycles. The van der Waals surface area contributed by atoms with Crippen LogP contribution in [0, 0.1) is 16.7 Å². The van der Waals surface area contributed by atoms with Crippen LogP contribution in [0.5, 0.6) is 0 Å². The fourth-order valence-electron chi connectivity index (χ4n) is 5.73. The van der Waals surface area contributed by atoms with Gasteiger partial charge in [0.05, 0.1) is 13.2 Å². The van der Waals surface area contributed by atoms with Gasteiger partial charge in [-0.3, -0.25) is 29.5 Å². The summed E-state index contributed by atoms with van der Waals surface area (Å²) in [6, 6.07) is -0.169. The summed E-state index contributed by atoms with van der Waals surface area (Å²) < 4.78 is 14.2. The quantitative estimate of drug-likeness (QED) is 0.0530. The number of hydrogen-bond donors (Lipinski definition) is 3. The van der Waals surface area contributed by atoms with Crippen molar-refractivity contribution in [2.75, 3.05) is 33.4 Å². The molecule has 0 amide bonds. The van der Waals surface area contributed by atoms with Gasteiger partial charge in [0.2, 0.25) is 5.97 Å². The number of esters is 2. The Labute approximate surface area is 332 Å². The standard InChI is InChI=1S/C14H25NO2.C13H22N2O2.C4H6O4.C2H3BO2.CH2O3.Na.H2/c1-3-5-8-17-13(16)12-9-14(6-7-14)11(4-2)10-15-12;1-3-4-7-17-12(16)10-8-13(5-6-13)11(14-2)9-15-10;1-3(5)7-8-4(2)6;1-2(4)5-3;2-1-4-3;;/h11-12,15H,3-10H2,1-2H3;10,15H,3-9H2,1-2H3;1-2H3;1H3;1,3H;;1H/q;;;-1;;+1;/t11?,12-;10-;;;;;/m00...../s1. The molecule has 2 spiro atoms. The van der Waals surface area contributed by atoms with Crippen LogP contribution < -0.4 is 40.2 Å². The van der Waals surface area contributed by atoms with Crippen molar-refractivity contribution in [3.05, 3.63) is 0 Å². The minimum absolute atomic E-state index is 0. The number of carbonyl (C=O) groups is 6. The maximum absolute atomic E-state index is 11.9. The summed E-state index contributed by atoms with van der Waals surface area (Å²) in [6.07, 6.45) is 12.1. The van der Waals surface area contributed by atoms with Crippen molar-refractivity contribution in [1.82, 2.24) is 10.6 Å². The van der Waals surface area contributed by atoms with Gasteiger partial charge in [-0.25, -0.2) is 24.6 Å². The van der Waals surface area contributed by atoms with Crippen LogP contribution in [0.4, 0.5) is 0 Å². The summed E-state index contributed by atoms with van der Waals surface area (Å²) in [5, 5.41) is 13.6. The SMILES string of the molecule is CC(=O)OOC(C)=O.CCCCOC(=O)[C@@H]1CC2(CC2)C(=NC)CN1.CCCCOC(=O)[C@@H]1CC2(CC2)C(CC)CN1.O=COO.[B-]OC(C)=O.[HH].[Na+]. The van der Waals surface area contributed by atoms with E-state index >= 15 is 0 Å². The second kappa shape index (κ2) is 28.9. The number of carbonyl (C=O) groups excluding carboxylic acids is 6. The summed E-state index contributed by atoms with van der Waals surface area (Å²) in [7, 11) is 6.17. The molecule has 0 aromatic carbocycles. The molecule has 3 radical (unpaired) electrons. The molecule has 4 fully saturated rings. The zero-order chi connectivity index (χ0) is 38.9. The minimum atomic E-state index is -0.639. The molecular weight excluding hydrogens is 692 g/mol. The maximum atomic E-state index is 11.9. The number of nitrogens with one attached hydrogen (secondary N) is 2. The van der Waals surface area contributed by atoms with E-state index in [0.717, 1.165) is 71.4 Å². The Morgan fingerprint density at radius 1 is 0.865 bits per heavy atom. The second-order valence-electron chi connectivity index (χ2n) is 12.7. The van der Waals surface area contributed by atoms with Gasteiger partial charge in [-0.2, -0.15) is 0 Å². The Morgan fingerprint density at radius 2 is 1.33 bits per heavy atom. The van der Waals surface area contributed by atoms with Gasteiger partial charge in [-0.15, -0.1) is 0 Å². The molecule has 1 unspecified atom stereocenters. The van der Waals surface area contributed by atoms with Crippen LogP contribution >= 0.6 is 0 Å². The van der Waals surface area contributed by atoms with Crippen LogP contribution in [0.15, 0.2) is 4.99 Å². The van der Waals surface area contributed by atoms with Gasteiger partial charge < -0.3 is 32.4 Å². The molecule has 2 heterocycles. The van der Waals surface area contributed by atoms with Crippen molar-refractivity contribution >= 4 is 50.1 Å². The number of unbranched alkanes of at least 4 members (excludes halogenated alkanes) is 2. The Morgan fingerprint density at radius 3 is 1.65 bits per heavy atom. The summed E-state index contributed by atoms with van der Waals surface area (Å²) in [5.74, 6) is -1.09. The molecule has 2 saturated carbocycles. The van der Waals surface area contributed by atoms with Crippen LogP contribution in [0.2, 0.25) is 0 Å². The fourth-order valence-corrected chi connectivity index (χ4v) is 5.73. The Kier molecular flexibility index (Phi) is 28.6. The van der Waals surface area contributed by atoms with Gasteiger partial charge in [0, 0.05) is 46.9 Å². The van der Waals surface area contributed by atoms with Crippen LogP contribution in [0.3, 0.4) is 0 Å². The monoisotopic (exact) mass is 752 g/mol. The predicted molar refractivity (Wildman–Crippen MR) is 188 cm³/mol. The Balaban J connectivity index is -0.000000650. The average Bonchev–Trinajstić information content (AvgIpc) is 4.06. The molecule has 0 aromatic rings. The third-order valence-corrected chi connectivity index (χ3v) is 8.86. The molecule has 52 heavy (non-hydrogen) atoms. The van der Waals surface area contributed by atoms with E-state index in [1.54, 1.807) is 0 Å². The van der Waals surface area contributed by atoms with Crippen LogP contribution in [-0.4, -0.2) is 101 Å². The first kappa shape index (κ1) is 51.5. The summed E-state index contributed by atoms with van der Waals surface area (Å²) in [4.78, 5) is 76.4. The second-order valence-corrected chi connectivity index (χ2v) is 12.7. The first-order chi connectivity index (χ1) is 24.2. The molecule has 4 rings (SSSR count). The zero-order valence-electron chi connectivity index (χ0n) is 32.3. The van der Waals surface area contributed by atoms with Gasteiger partial charge in [-0.05, 0) is 69.2 Å². The van der Waals surface area contributed by atoms with Gasteiger partial charge in [-0.1, -0.05) is 40.0 Å². The molecule has 3 N–H and O–H groups in total. The first-order valence-electron chi connectivity index (χ1n) is 17.5. The summed E-state index contributed by atoms with van der Waals surface area (Å²) in [6.45, 7) is 12.8. The Hall–Kier alpha value is -2.57. The molecule has 18 heteroatoms. The average molecular weight is 753 g/mol. The third kappa shape index (κ3) is 21.2. The number of piperidine rings is 2. The molecule has 0 aromatic heterocycles. The van der Waals surface area contributed by atoms with Gasteiger partial charge in [0.15, 0.2) is 0 Å². The topological polar surface area (TPSA) is 214 Å². The van der Waals surface area contributed by atoms with Crippen molar-refractivity contribution in [2.24, 2.45) is 21.7 Å². The predicted octanol–water partition coefficient (Wildman–Crippen LogP) is 0.584. The van der Waals surface area contributed by atoms with Crippen LogP contribution in [-0.2, 0) is 57.6 Å². The maximum Gasteiger partial charge on any atom is 1.00 e. The summed E-state index contributed by atoms with van der Waals surface area (Å²) >= 11 is 0. The molecule has 0 bridgehead atoms. The van der Waals surface area contributed by atoms with E-state index in [1.807, 2.05) is 7.05 Å². The normalized spacial score (nSPS) is 21.4. The van der Waals surface area contributed by atoms with E-state index in [-0.39, 0.29) is 66.9 Å². The third-order valence-electron chi connectivity index (χ3n) is 8.86. The van der Waals surface area contributed by atoms with Crippen LogP contribution in [0.25, 0.3) is 0 Å². The first-order valence-corrected chi connectivity index (χ1v) is 17.5. The van der Waals surface area contributed by atoms with E-state index in [4.69, 9.17) is 19.5 Å². The van der Waals surface area contributed by atoms with Gasteiger partial charge in [0.25, 0.3) is 0 Å². The zero-order valence-corrected chi connectivity index (χ0v) is 34.3.